The largest absolute Gasteiger partial charge is 0.356 e. The van der Waals surface area contributed by atoms with Crippen molar-refractivity contribution in [1.29, 1.82) is 0 Å². The lowest BCUT2D eigenvalue weighted by molar-refractivity contribution is -0.126. The Balaban J connectivity index is 2.27. The molecule has 0 bridgehead atoms. The van der Waals surface area contributed by atoms with Gasteiger partial charge in [-0.2, -0.15) is 0 Å². The van der Waals surface area contributed by atoms with E-state index in [1.807, 2.05) is 13.8 Å². The first-order valence-electron chi connectivity index (χ1n) is 6.59. The zero-order valence-electron chi connectivity index (χ0n) is 11.7. The molecule has 1 aromatic rings. The fourth-order valence-corrected chi connectivity index (χ4v) is 2.39. The zero-order chi connectivity index (χ0) is 13.3. The summed E-state index contributed by atoms with van der Waals surface area (Å²) in [5, 5.41) is 2.92. The van der Waals surface area contributed by atoms with Crippen LogP contribution >= 0.6 is 0 Å². The van der Waals surface area contributed by atoms with Crippen LogP contribution in [0.5, 0.6) is 0 Å². The van der Waals surface area contributed by atoms with E-state index in [-0.39, 0.29) is 5.91 Å². The molecular formula is C15H22N2O. The van der Waals surface area contributed by atoms with Gasteiger partial charge in [0.2, 0.25) is 5.91 Å². The van der Waals surface area contributed by atoms with Crippen molar-refractivity contribution in [2.75, 3.05) is 18.0 Å². The molecule has 18 heavy (non-hydrogen) atoms. The Labute approximate surface area is 109 Å². The first kappa shape index (κ1) is 12.9. The van der Waals surface area contributed by atoms with Crippen molar-refractivity contribution < 1.29 is 4.79 Å². The van der Waals surface area contributed by atoms with Crippen LogP contribution in [0.25, 0.3) is 0 Å². The molecule has 98 valence electrons. The number of benzene rings is 1. The molecule has 1 fully saturated rings. The van der Waals surface area contributed by atoms with Gasteiger partial charge >= 0.3 is 0 Å². The van der Waals surface area contributed by atoms with Gasteiger partial charge in [-0.15, -0.1) is 0 Å². The van der Waals surface area contributed by atoms with E-state index in [1.165, 1.54) is 5.56 Å². The normalized spacial score (nSPS) is 18.9. The van der Waals surface area contributed by atoms with Gasteiger partial charge in [-0.25, -0.2) is 0 Å². The topological polar surface area (TPSA) is 32.3 Å². The Morgan fingerprint density at radius 3 is 2.39 bits per heavy atom. The molecule has 1 aromatic carbocycles. The summed E-state index contributed by atoms with van der Waals surface area (Å²) in [4.78, 5) is 14.1. The van der Waals surface area contributed by atoms with E-state index in [1.54, 1.807) is 0 Å². The number of carbonyl (C=O) groups is 1. The van der Waals surface area contributed by atoms with Crippen LogP contribution in [0.3, 0.4) is 0 Å². The van der Waals surface area contributed by atoms with Gasteiger partial charge in [0.05, 0.1) is 0 Å². The summed E-state index contributed by atoms with van der Waals surface area (Å²) in [6, 6.07) is 8.55. The number of amides is 1. The third kappa shape index (κ3) is 2.22. The Morgan fingerprint density at radius 1 is 1.22 bits per heavy atom. The Bertz CT molecular complexity index is 434. The van der Waals surface area contributed by atoms with Crippen LogP contribution in [0.2, 0.25) is 0 Å². The lowest BCUT2D eigenvalue weighted by Gasteiger charge is -2.43. The number of piperazine rings is 1. The van der Waals surface area contributed by atoms with E-state index in [4.69, 9.17) is 0 Å². The van der Waals surface area contributed by atoms with Crippen LogP contribution in [-0.2, 0) is 4.79 Å². The van der Waals surface area contributed by atoms with Crippen molar-refractivity contribution in [1.82, 2.24) is 5.32 Å². The number of nitrogens with one attached hydrogen (secondary N) is 1. The average Bonchev–Trinajstić information content (AvgIpc) is 2.33. The summed E-state index contributed by atoms with van der Waals surface area (Å²) in [5.74, 6) is 0.637. The second-order valence-electron chi connectivity index (χ2n) is 5.71. The summed E-state index contributed by atoms with van der Waals surface area (Å²) in [6.45, 7) is 9.89. The maximum absolute atomic E-state index is 11.9. The predicted molar refractivity (Wildman–Crippen MR) is 75.0 cm³/mol. The molecule has 0 aliphatic carbocycles. The number of hydrogen-bond acceptors (Lipinski definition) is 2. The summed E-state index contributed by atoms with van der Waals surface area (Å²) in [6.07, 6.45) is 0. The van der Waals surface area contributed by atoms with Crippen LogP contribution in [0.1, 0.15) is 39.2 Å². The number of rotatable bonds is 2. The summed E-state index contributed by atoms with van der Waals surface area (Å²) in [5.41, 5.74) is 1.98. The molecule has 3 nitrogen and oxygen atoms in total. The second-order valence-corrected chi connectivity index (χ2v) is 5.71. The summed E-state index contributed by atoms with van der Waals surface area (Å²) < 4.78 is 0. The maximum atomic E-state index is 11.9. The monoisotopic (exact) mass is 246 g/mol. The molecule has 1 amide bonds. The molecule has 1 heterocycles. The third-order valence-corrected chi connectivity index (χ3v) is 3.72. The molecule has 2 rings (SSSR count). The number of anilines is 1. The highest BCUT2D eigenvalue weighted by molar-refractivity contribution is 5.90. The molecule has 1 aliphatic heterocycles. The van der Waals surface area contributed by atoms with E-state index in [2.05, 4.69) is 48.3 Å². The summed E-state index contributed by atoms with van der Waals surface area (Å²) in [7, 11) is 0. The van der Waals surface area contributed by atoms with Crippen molar-refractivity contribution in [3.63, 3.8) is 0 Å². The van der Waals surface area contributed by atoms with Crippen molar-refractivity contribution in [3.05, 3.63) is 29.8 Å². The maximum Gasteiger partial charge on any atom is 0.245 e. The molecule has 1 aliphatic rings. The Kier molecular flexibility index (Phi) is 3.33. The smallest absolute Gasteiger partial charge is 0.245 e. The first-order valence-corrected chi connectivity index (χ1v) is 6.59. The zero-order valence-corrected chi connectivity index (χ0v) is 11.7. The van der Waals surface area contributed by atoms with E-state index in [9.17, 15) is 4.79 Å². The van der Waals surface area contributed by atoms with Gasteiger partial charge in [0.25, 0.3) is 0 Å². The van der Waals surface area contributed by atoms with Gasteiger partial charge < -0.3 is 10.2 Å². The van der Waals surface area contributed by atoms with Crippen LogP contribution < -0.4 is 10.2 Å². The standard InChI is InChI=1S/C15H22N2O/c1-11(2)12-5-7-13(8-6-12)17-10-9-16-14(18)15(17,3)4/h5-8,11H,9-10H2,1-4H3,(H,16,18). The van der Waals surface area contributed by atoms with Gasteiger partial charge in [-0.05, 0) is 37.5 Å². The molecular weight excluding hydrogens is 224 g/mol. The van der Waals surface area contributed by atoms with E-state index in [0.29, 0.717) is 12.5 Å². The highest BCUT2D eigenvalue weighted by Crippen LogP contribution is 2.27. The molecule has 0 spiro atoms. The fraction of sp³-hybridized carbons (Fsp3) is 0.533. The second kappa shape index (κ2) is 4.63. The highest BCUT2D eigenvalue weighted by Gasteiger charge is 2.37. The van der Waals surface area contributed by atoms with Gasteiger partial charge in [-0.3, -0.25) is 4.79 Å². The quantitative estimate of drug-likeness (QED) is 0.869. The molecule has 1 saturated heterocycles. The predicted octanol–water partition coefficient (Wildman–Crippen LogP) is 2.52. The number of nitrogens with zero attached hydrogens (tertiary/aromatic N) is 1. The Morgan fingerprint density at radius 2 is 1.83 bits per heavy atom. The summed E-state index contributed by atoms with van der Waals surface area (Å²) >= 11 is 0. The molecule has 0 saturated carbocycles. The van der Waals surface area contributed by atoms with E-state index >= 15 is 0 Å². The molecule has 3 heteroatoms. The molecule has 0 unspecified atom stereocenters. The van der Waals surface area contributed by atoms with Crippen LogP contribution in [0, 0.1) is 0 Å². The van der Waals surface area contributed by atoms with Gasteiger partial charge in [-0.1, -0.05) is 26.0 Å². The SMILES string of the molecule is CC(C)c1ccc(N2CCNC(=O)C2(C)C)cc1. The minimum atomic E-state index is -0.475. The molecule has 1 N–H and O–H groups in total. The molecule has 0 radical (unpaired) electrons. The minimum absolute atomic E-state index is 0.0988. The van der Waals surface area contributed by atoms with Crippen molar-refractivity contribution in [2.24, 2.45) is 0 Å². The average molecular weight is 246 g/mol. The fourth-order valence-electron chi connectivity index (χ4n) is 2.39. The van der Waals surface area contributed by atoms with Crippen molar-refractivity contribution in [3.8, 4) is 0 Å². The van der Waals surface area contributed by atoms with Crippen LogP contribution in [0.15, 0.2) is 24.3 Å². The van der Waals surface area contributed by atoms with Gasteiger partial charge in [0.15, 0.2) is 0 Å². The molecule has 0 atom stereocenters. The lowest BCUT2D eigenvalue weighted by atomic mass is 9.97. The lowest BCUT2D eigenvalue weighted by Crippen LogP contribution is -2.62. The van der Waals surface area contributed by atoms with E-state index in [0.717, 1.165) is 12.2 Å². The van der Waals surface area contributed by atoms with Crippen LogP contribution in [-0.4, -0.2) is 24.5 Å². The Hall–Kier alpha value is -1.51. The first-order chi connectivity index (χ1) is 8.43. The third-order valence-electron chi connectivity index (χ3n) is 3.72. The van der Waals surface area contributed by atoms with Crippen molar-refractivity contribution in [2.45, 2.75) is 39.2 Å². The number of hydrogen-bond donors (Lipinski definition) is 1. The van der Waals surface area contributed by atoms with Crippen LogP contribution in [0.4, 0.5) is 5.69 Å². The highest BCUT2D eigenvalue weighted by atomic mass is 16.2. The molecule has 0 aromatic heterocycles. The van der Waals surface area contributed by atoms with E-state index < -0.39 is 5.54 Å². The number of carbonyl (C=O) groups excluding carboxylic acids is 1. The van der Waals surface area contributed by atoms with Crippen molar-refractivity contribution >= 4 is 11.6 Å². The van der Waals surface area contributed by atoms with Gasteiger partial charge in [0.1, 0.15) is 5.54 Å². The minimum Gasteiger partial charge on any atom is -0.356 e. The van der Waals surface area contributed by atoms with Gasteiger partial charge in [0, 0.05) is 18.8 Å².